The van der Waals surface area contributed by atoms with Crippen LogP contribution >= 0.6 is 11.8 Å². The van der Waals surface area contributed by atoms with Gasteiger partial charge in [-0.15, -0.1) is 11.8 Å². The Morgan fingerprint density at radius 3 is 2.20 bits per heavy atom. The van der Waals surface area contributed by atoms with Crippen LogP contribution in [0.25, 0.3) is 6.08 Å². The molecule has 0 heterocycles. The second kappa shape index (κ2) is 8.82. The zero-order chi connectivity index (χ0) is 17.3. The predicted molar refractivity (Wildman–Crippen MR) is 107 cm³/mol. The molecule has 0 aliphatic heterocycles. The van der Waals surface area contributed by atoms with Crippen molar-refractivity contribution in [2.75, 3.05) is 6.26 Å². The molecule has 0 radical (unpaired) electrons. The predicted octanol–water partition coefficient (Wildman–Crippen LogP) is 5.88. The third kappa shape index (κ3) is 5.04. The molecule has 0 saturated carbocycles. The molecule has 1 nitrogen and oxygen atoms in total. The van der Waals surface area contributed by atoms with Crippen LogP contribution in [0.15, 0.2) is 95.6 Å². The zero-order valence-electron chi connectivity index (χ0n) is 14.0. The van der Waals surface area contributed by atoms with Gasteiger partial charge in [0, 0.05) is 10.5 Å². The summed E-state index contributed by atoms with van der Waals surface area (Å²) in [4.78, 5) is 1.19. The number of rotatable bonds is 4. The zero-order valence-corrected chi connectivity index (χ0v) is 14.8. The molecular formula is C23H18OS. The normalized spacial score (nSPS) is 10.7. The number of thioether (sulfide) groups is 1. The highest BCUT2D eigenvalue weighted by molar-refractivity contribution is 7.98. The van der Waals surface area contributed by atoms with Crippen LogP contribution in [0.3, 0.4) is 0 Å². The lowest BCUT2D eigenvalue weighted by Gasteiger charge is -2.07. The molecule has 0 aliphatic rings. The van der Waals surface area contributed by atoms with Crippen LogP contribution in [-0.2, 0) is 0 Å². The quantitative estimate of drug-likeness (QED) is 0.333. The van der Waals surface area contributed by atoms with E-state index in [-0.39, 0.29) is 0 Å². The van der Waals surface area contributed by atoms with Crippen molar-refractivity contribution in [2.24, 2.45) is 0 Å². The SMILES string of the molecule is CSc1ccccc1/C=C(/C#Cc1ccccc1)Oc1ccccc1. The van der Waals surface area contributed by atoms with Crippen molar-refractivity contribution in [3.8, 4) is 17.6 Å². The molecule has 0 atom stereocenters. The van der Waals surface area contributed by atoms with Gasteiger partial charge < -0.3 is 4.74 Å². The van der Waals surface area contributed by atoms with Gasteiger partial charge in [-0.25, -0.2) is 0 Å². The van der Waals surface area contributed by atoms with Crippen molar-refractivity contribution in [3.63, 3.8) is 0 Å². The average Bonchev–Trinajstić information content (AvgIpc) is 2.68. The van der Waals surface area contributed by atoms with Gasteiger partial charge in [-0.05, 0) is 54.1 Å². The number of hydrogen-bond donors (Lipinski definition) is 0. The van der Waals surface area contributed by atoms with Crippen molar-refractivity contribution >= 4 is 17.8 Å². The third-order valence-electron chi connectivity index (χ3n) is 3.50. The number of hydrogen-bond acceptors (Lipinski definition) is 2. The Labute approximate surface area is 153 Å². The van der Waals surface area contributed by atoms with E-state index in [2.05, 4.69) is 30.2 Å². The maximum atomic E-state index is 6.02. The van der Waals surface area contributed by atoms with E-state index in [0.717, 1.165) is 16.9 Å². The van der Waals surface area contributed by atoms with Crippen LogP contribution in [0.5, 0.6) is 5.75 Å². The first-order chi connectivity index (χ1) is 12.3. The Balaban J connectivity index is 1.97. The lowest BCUT2D eigenvalue weighted by Crippen LogP contribution is -1.93. The molecule has 0 saturated heterocycles. The topological polar surface area (TPSA) is 9.23 Å². The molecule has 2 heteroatoms. The Kier molecular flexibility index (Phi) is 5.98. The number of ether oxygens (including phenoxy) is 1. The van der Waals surface area contributed by atoms with Gasteiger partial charge in [-0.3, -0.25) is 0 Å². The summed E-state index contributed by atoms with van der Waals surface area (Å²) in [6.45, 7) is 0. The van der Waals surface area contributed by atoms with Crippen LogP contribution in [0.1, 0.15) is 11.1 Å². The van der Waals surface area contributed by atoms with E-state index in [4.69, 9.17) is 4.74 Å². The highest BCUT2D eigenvalue weighted by atomic mass is 32.2. The highest BCUT2D eigenvalue weighted by Gasteiger charge is 2.02. The smallest absolute Gasteiger partial charge is 0.178 e. The minimum atomic E-state index is 0.622. The summed E-state index contributed by atoms with van der Waals surface area (Å²) in [6.07, 6.45) is 4.06. The first-order valence-electron chi connectivity index (χ1n) is 8.00. The van der Waals surface area contributed by atoms with E-state index >= 15 is 0 Å². The molecule has 0 amide bonds. The highest BCUT2D eigenvalue weighted by Crippen LogP contribution is 2.23. The summed E-state index contributed by atoms with van der Waals surface area (Å²) in [5, 5.41) is 0. The Morgan fingerprint density at radius 1 is 0.840 bits per heavy atom. The van der Waals surface area contributed by atoms with Crippen molar-refractivity contribution in [3.05, 3.63) is 102 Å². The molecule has 0 fully saturated rings. The lowest BCUT2D eigenvalue weighted by atomic mass is 10.2. The molecule has 0 spiro atoms. The molecule has 122 valence electrons. The fourth-order valence-corrected chi connectivity index (χ4v) is 2.87. The minimum absolute atomic E-state index is 0.622. The molecule has 3 aromatic carbocycles. The molecule has 0 N–H and O–H groups in total. The Morgan fingerprint density at radius 2 is 1.48 bits per heavy atom. The summed E-state index contributed by atoms with van der Waals surface area (Å²) >= 11 is 1.71. The van der Waals surface area contributed by atoms with Gasteiger partial charge in [0.2, 0.25) is 0 Å². The maximum Gasteiger partial charge on any atom is 0.178 e. The summed E-state index contributed by atoms with van der Waals surface area (Å²) in [5.74, 6) is 7.73. The second-order valence-electron chi connectivity index (χ2n) is 5.28. The van der Waals surface area contributed by atoms with Crippen LogP contribution in [0.4, 0.5) is 0 Å². The summed E-state index contributed by atoms with van der Waals surface area (Å²) < 4.78 is 6.02. The monoisotopic (exact) mass is 342 g/mol. The molecule has 0 unspecified atom stereocenters. The van der Waals surface area contributed by atoms with E-state index in [0.29, 0.717) is 5.76 Å². The molecule has 0 bridgehead atoms. The average molecular weight is 342 g/mol. The van der Waals surface area contributed by atoms with E-state index in [1.165, 1.54) is 4.90 Å². The third-order valence-corrected chi connectivity index (χ3v) is 4.31. The Hall–Kier alpha value is -2.89. The van der Waals surface area contributed by atoms with Gasteiger partial charge in [0.05, 0.1) is 0 Å². The minimum Gasteiger partial charge on any atom is -0.448 e. The number of allylic oxidation sites excluding steroid dienone is 1. The first kappa shape index (κ1) is 17.0. The standard InChI is InChI=1S/C23H18OS/c1-25-23-15-9-8-12-20(23)18-22(24-21-13-6-3-7-14-21)17-16-19-10-4-2-5-11-19/h2-15,18H,1H3/b22-18-. The summed E-state index contributed by atoms with van der Waals surface area (Å²) in [5.41, 5.74) is 2.06. The lowest BCUT2D eigenvalue weighted by molar-refractivity contribution is 0.454. The number of para-hydroxylation sites is 1. The van der Waals surface area contributed by atoms with E-state index in [9.17, 15) is 0 Å². The van der Waals surface area contributed by atoms with Gasteiger partial charge in [-0.2, -0.15) is 0 Å². The second-order valence-corrected chi connectivity index (χ2v) is 6.13. The fourth-order valence-electron chi connectivity index (χ4n) is 2.29. The molecule has 25 heavy (non-hydrogen) atoms. The van der Waals surface area contributed by atoms with Crippen molar-refractivity contribution in [1.82, 2.24) is 0 Å². The molecule has 3 rings (SSSR count). The fraction of sp³-hybridized carbons (Fsp3) is 0.0435. The van der Waals surface area contributed by atoms with Gasteiger partial charge in [-0.1, -0.05) is 60.5 Å². The first-order valence-corrected chi connectivity index (χ1v) is 9.22. The Bertz CT molecular complexity index is 903. The molecule has 3 aromatic rings. The van der Waals surface area contributed by atoms with E-state index < -0.39 is 0 Å². The van der Waals surface area contributed by atoms with Crippen LogP contribution in [0.2, 0.25) is 0 Å². The van der Waals surface area contributed by atoms with E-state index in [1.54, 1.807) is 11.8 Å². The van der Waals surface area contributed by atoms with Crippen LogP contribution in [0, 0.1) is 11.8 Å². The van der Waals surface area contributed by atoms with Gasteiger partial charge in [0.1, 0.15) is 5.75 Å². The van der Waals surface area contributed by atoms with Gasteiger partial charge in [0.25, 0.3) is 0 Å². The molecular weight excluding hydrogens is 324 g/mol. The molecule has 0 aliphatic carbocycles. The van der Waals surface area contributed by atoms with Crippen molar-refractivity contribution in [1.29, 1.82) is 0 Å². The van der Waals surface area contributed by atoms with Crippen molar-refractivity contribution in [2.45, 2.75) is 4.90 Å². The van der Waals surface area contributed by atoms with Crippen LogP contribution in [-0.4, -0.2) is 6.26 Å². The largest absolute Gasteiger partial charge is 0.448 e. The number of benzene rings is 3. The maximum absolute atomic E-state index is 6.02. The van der Waals surface area contributed by atoms with Crippen LogP contribution < -0.4 is 4.74 Å². The van der Waals surface area contributed by atoms with Gasteiger partial charge in [0.15, 0.2) is 5.76 Å². The van der Waals surface area contributed by atoms with E-state index in [1.807, 2.05) is 78.9 Å². The van der Waals surface area contributed by atoms with Gasteiger partial charge >= 0.3 is 0 Å². The summed E-state index contributed by atoms with van der Waals surface area (Å²) in [7, 11) is 0. The summed E-state index contributed by atoms with van der Waals surface area (Å²) in [6, 6.07) is 27.9. The molecule has 0 aromatic heterocycles. The van der Waals surface area contributed by atoms with Crippen molar-refractivity contribution < 1.29 is 4.74 Å².